The lowest BCUT2D eigenvalue weighted by Crippen LogP contribution is -2.30. The number of phosphoric ester groups is 2. The van der Waals surface area contributed by atoms with Crippen LogP contribution in [0.4, 0.5) is 0 Å². The smallest absolute Gasteiger partial charge is 0.462 e. The van der Waals surface area contributed by atoms with Crippen molar-refractivity contribution >= 4 is 39.5 Å². The van der Waals surface area contributed by atoms with Crippen molar-refractivity contribution in [3.8, 4) is 0 Å². The number of unbranched alkanes of at least 4 members (excludes halogenated alkanes) is 32. The van der Waals surface area contributed by atoms with E-state index in [1.165, 1.54) is 148 Å². The Bertz CT molecular complexity index is 1770. The normalized spacial score (nSPS) is 14.6. The summed E-state index contributed by atoms with van der Waals surface area (Å²) >= 11 is 0. The molecule has 0 aliphatic carbocycles. The fourth-order valence-electron chi connectivity index (χ4n) is 10.5. The van der Waals surface area contributed by atoms with Crippen molar-refractivity contribution < 1.29 is 80.2 Å². The summed E-state index contributed by atoms with van der Waals surface area (Å²) in [5.74, 6) is 0.865. The number of esters is 4. The molecule has 0 heterocycles. The summed E-state index contributed by atoms with van der Waals surface area (Å²) in [7, 11) is -9.90. The van der Waals surface area contributed by atoms with Gasteiger partial charge < -0.3 is 33.8 Å². The van der Waals surface area contributed by atoms with E-state index >= 15 is 0 Å². The van der Waals surface area contributed by atoms with Gasteiger partial charge in [-0.15, -0.1) is 0 Å². The number of ether oxygens (including phenoxy) is 4. The molecule has 528 valence electrons. The fraction of sp³-hybridized carbons (Fsp3) is 0.943. The third-order valence-corrected chi connectivity index (χ3v) is 18.3. The second-order valence-electron chi connectivity index (χ2n) is 26.9. The van der Waals surface area contributed by atoms with Crippen molar-refractivity contribution in [3.05, 3.63) is 0 Å². The predicted octanol–water partition coefficient (Wildman–Crippen LogP) is 19.7. The van der Waals surface area contributed by atoms with Crippen molar-refractivity contribution in [1.82, 2.24) is 0 Å². The van der Waals surface area contributed by atoms with Crippen LogP contribution in [0.5, 0.6) is 0 Å². The van der Waals surface area contributed by atoms with Crippen LogP contribution in [0.25, 0.3) is 0 Å². The molecule has 0 spiro atoms. The summed E-state index contributed by atoms with van der Waals surface area (Å²) in [6.45, 7) is 14.1. The topological polar surface area (TPSA) is 237 Å². The van der Waals surface area contributed by atoms with E-state index < -0.39 is 97.5 Å². The van der Waals surface area contributed by atoms with Gasteiger partial charge in [0.05, 0.1) is 26.4 Å². The zero-order valence-corrected chi connectivity index (χ0v) is 59.8. The van der Waals surface area contributed by atoms with Crippen LogP contribution in [0.3, 0.4) is 0 Å². The van der Waals surface area contributed by atoms with Crippen LogP contribution in [-0.2, 0) is 65.4 Å². The maximum absolute atomic E-state index is 13.0. The molecule has 0 saturated carbocycles. The first-order valence-corrected chi connectivity index (χ1v) is 39.2. The molecule has 0 amide bonds. The van der Waals surface area contributed by atoms with E-state index in [1.54, 1.807) is 0 Å². The van der Waals surface area contributed by atoms with Gasteiger partial charge in [-0.25, -0.2) is 9.13 Å². The van der Waals surface area contributed by atoms with Gasteiger partial charge in [-0.2, -0.15) is 0 Å². The molecule has 0 aliphatic rings. The molecule has 19 heteroatoms. The highest BCUT2D eigenvalue weighted by molar-refractivity contribution is 7.47. The third-order valence-electron chi connectivity index (χ3n) is 16.4. The highest BCUT2D eigenvalue weighted by atomic mass is 31.2. The van der Waals surface area contributed by atoms with Gasteiger partial charge in [-0.3, -0.25) is 37.3 Å². The van der Waals surface area contributed by atoms with Crippen molar-refractivity contribution in [1.29, 1.82) is 0 Å². The van der Waals surface area contributed by atoms with Crippen LogP contribution in [0.1, 0.15) is 344 Å². The van der Waals surface area contributed by atoms with Gasteiger partial charge in [0.25, 0.3) is 0 Å². The van der Waals surface area contributed by atoms with E-state index in [1.807, 2.05) is 0 Å². The maximum Gasteiger partial charge on any atom is 0.472 e. The number of carbonyl (C=O) groups excluding carboxylic acids is 4. The van der Waals surface area contributed by atoms with Gasteiger partial charge in [0.2, 0.25) is 0 Å². The molecular formula is C70H136O17P2. The first kappa shape index (κ1) is 87.1. The Morgan fingerprint density at radius 2 is 0.539 bits per heavy atom. The minimum Gasteiger partial charge on any atom is -0.462 e. The highest BCUT2D eigenvalue weighted by Gasteiger charge is 2.30. The monoisotopic (exact) mass is 1310 g/mol. The van der Waals surface area contributed by atoms with E-state index in [0.717, 1.165) is 108 Å². The van der Waals surface area contributed by atoms with Gasteiger partial charge in [0.1, 0.15) is 19.3 Å². The average Bonchev–Trinajstić information content (AvgIpc) is 3.65. The van der Waals surface area contributed by atoms with Gasteiger partial charge in [-0.1, -0.05) is 293 Å². The Morgan fingerprint density at radius 1 is 0.315 bits per heavy atom. The summed E-state index contributed by atoms with van der Waals surface area (Å²) in [6, 6.07) is 0. The summed E-state index contributed by atoms with van der Waals surface area (Å²) in [5, 5.41) is 10.6. The third kappa shape index (κ3) is 63.2. The molecule has 17 nitrogen and oxygen atoms in total. The molecular weight excluding hydrogens is 1170 g/mol. The summed E-state index contributed by atoms with van der Waals surface area (Å²) < 4.78 is 68.3. The number of aliphatic hydroxyl groups is 1. The minimum absolute atomic E-state index is 0.103. The second kappa shape index (κ2) is 59.8. The zero-order chi connectivity index (χ0) is 66.1. The molecule has 3 N–H and O–H groups in total. The van der Waals surface area contributed by atoms with E-state index in [4.69, 9.17) is 37.0 Å². The lowest BCUT2D eigenvalue weighted by Gasteiger charge is -2.21. The van der Waals surface area contributed by atoms with Crippen LogP contribution < -0.4 is 0 Å². The Hall–Kier alpha value is -1.94. The lowest BCUT2D eigenvalue weighted by molar-refractivity contribution is -0.161. The highest BCUT2D eigenvalue weighted by Crippen LogP contribution is 2.45. The predicted molar refractivity (Wildman–Crippen MR) is 358 cm³/mol. The number of rotatable bonds is 67. The minimum atomic E-state index is -4.95. The zero-order valence-electron chi connectivity index (χ0n) is 58.1. The molecule has 0 aromatic heterocycles. The SMILES string of the molecule is CCC(C)CCCCCCCCCCCCC(=O)O[C@H](COC(=O)CCCCCCCCCCC(C)C)COP(=O)(O)OCC(O)COP(=O)(O)OC[C@@H](COC(=O)CCCCCCCCCCCCCC(C)C)OC(=O)CCCCCCCCCC(C)C. The fourth-order valence-corrected chi connectivity index (χ4v) is 12.0. The van der Waals surface area contributed by atoms with Crippen LogP contribution in [0.2, 0.25) is 0 Å². The Morgan fingerprint density at radius 3 is 0.798 bits per heavy atom. The van der Waals surface area contributed by atoms with Gasteiger partial charge in [-0.05, 0) is 49.4 Å². The standard InChI is InChI=1S/C70H136O17P2/c1-9-63(8)49-41-33-25-16-13-14-18-28-36-44-52-69(74)86-65(56-81-68(73)51-43-35-27-20-19-23-31-39-47-61(4)5)58-84-88(76,77)82-54-64(71)55-83-89(78,79)85-59-66(87-70(75)53-45-37-29-21-24-32-40-48-62(6)7)57-80-67(72)50-42-34-26-17-12-10-11-15-22-30-38-46-60(2)3/h60-66,71H,9-59H2,1-8H3,(H,76,77)(H,78,79)/t63?,64?,65-,66-/m1/s1. The quantitative estimate of drug-likeness (QED) is 0.0222. The summed E-state index contributed by atoms with van der Waals surface area (Å²) in [4.78, 5) is 72.5. The molecule has 0 aliphatic heterocycles. The summed E-state index contributed by atoms with van der Waals surface area (Å²) in [5.41, 5.74) is 0. The number of hydrogen-bond donors (Lipinski definition) is 3. The maximum atomic E-state index is 13.0. The molecule has 0 radical (unpaired) electrons. The number of phosphoric acid groups is 2. The van der Waals surface area contributed by atoms with E-state index in [9.17, 15) is 43.2 Å². The molecule has 0 aromatic rings. The largest absolute Gasteiger partial charge is 0.472 e. The van der Waals surface area contributed by atoms with Crippen LogP contribution in [-0.4, -0.2) is 96.7 Å². The van der Waals surface area contributed by atoms with Gasteiger partial charge in [0.15, 0.2) is 12.2 Å². The van der Waals surface area contributed by atoms with Crippen molar-refractivity contribution in [2.45, 2.75) is 363 Å². The molecule has 0 fully saturated rings. The number of carbonyl (C=O) groups is 4. The van der Waals surface area contributed by atoms with Crippen molar-refractivity contribution in [2.75, 3.05) is 39.6 Å². The summed E-state index contributed by atoms with van der Waals surface area (Å²) in [6.07, 6.45) is 41.7. The first-order valence-electron chi connectivity index (χ1n) is 36.2. The molecule has 0 aromatic carbocycles. The lowest BCUT2D eigenvalue weighted by atomic mass is 9.99. The van der Waals surface area contributed by atoms with Gasteiger partial charge in [0, 0.05) is 25.7 Å². The number of aliphatic hydroxyl groups excluding tert-OH is 1. The Kier molecular flexibility index (Phi) is 58.5. The van der Waals surface area contributed by atoms with Crippen molar-refractivity contribution in [2.24, 2.45) is 23.7 Å². The Labute approximate surface area is 543 Å². The molecule has 6 atom stereocenters. The van der Waals surface area contributed by atoms with E-state index in [-0.39, 0.29) is 25.7 Å². The van der Waals surface area contributed by atoms with Crippen molar-refractivity contribution in [3.63, 3.8) is 0 Å². The molecule has 0 bridgehead atoms. The van der Waals surface area contributed by atoms with Crippen LogP contribution >= 0.6 is 15.6 Å². The molecule has 0 rings (SSSR count). The average molecular weight is 1310 g/mol. The van der Waals surface area contributed by atoms with E-state index in [2.05, 4.69) is 55.4 Å². The molecule has 4 unspecified atom stereocenters. The Balaban J connectivity index is 5.25. The molecule has 89 heavy (non-hydrogen) atoms. The van der Waals surface area contributed by atoms with E-state index in [0.29, 0.717) is 31.6 Å². The first-order chi connectivity index (χ1) is 42.6. The molecule has 0 saturated heterocycles. The van der Waals surface area contributed by atoms with Crippen LogP contribution in [0, 0.1) is 23.7 Å². The number of hydrogen-bond acceptors (Lipinski definition) is 15. The van der Waals surface area contributed by atoms with Crippen LogP contribution in [0.15, 0.2) is 0 Å². The second-order valence-corrected chi connectivity index (χ2v) is 29.8. The van der Waals surface area contributed by atoms with Gasteiger partial charge >= 0.3 is 39.5 Å².